The van der Waals surface area contributed by atoms with Gasteiger partial charge in [0.25, 0.3) is 0 Å². The monoisotopic (exact) mass is 234 g/mol. The third-order valence-corrected chi connectivity index (χ3v) is 3.18. The Bertz CT molecular complexity index is 543. The Morgan fingerprint density at radius 3 is 2.94 bits per heavy atom. The SMILES string of the molecule is Nc1noc2c(N3C[C@H](N)[C@@H](O)C3)cccc12. The molecule has 0 unspecified atom stereocenters. The fraction of sp³-hybridized carbons (Fsp3) is 0.364. The molecule has 6 heteroatoms. The van der Waals surface area contributed by atoms with E-state index in [0.717, 1.165) is 11.1 Å². The summed E-state index contributed by atoms with van der Waals surface area (Å²) in [4.78, 5) is 1.99. The third kappa shape index (κ3) is 1.53. The molecule has 1 aromatic carbocycles. The van der Waals surface area contributed by atoms with Crippen LogP contribution in [0.15, 0.2) is 22.7 Å². The van der Waals surface area contributed by atoms with E-state index < -0.39 is 6.10 Å². The van der Waals surface area contributed by atoms with Crippen molar-refractivity contribution in [1.29, 1.82) is 0 Å². The maximum atomic E-state index is 9.67. The van der Waals surface area contributed by atoms with Gasteiger partial charge in [0, 0.05) is 19.1 Å². The molecule has 1 fully saturated rings. The molecule has 5 N–H and O–H groups in total. The van der Waals surface area contributed by atoms with E-state index in [2.05, 4.69) is 5.16 Å². The van der Waals surface area contributed by atoms with Crippen molar-refractivity contribution in [2.24, 2.45) is 5.73 Å². The maximum Gasteiger partial charge on any atom is 0.192 e. The van der Waals surface area contributed by atoms with Crippen molar-refractivity contribution in [3.63, 3.8) is 0 Å². The van der Waals surface area contributed by atoms with Crippen molar-refractivity contribution in [2.75, 3.05) is 23.7 Å². The summed E-state index contributed by atoms with van der Waals surface area (Å²) >= 11 is 0. The number of nitrogens with two attached hydrogens (primary N) is 2. The summed E-state index contributed by atoms with van der Waals surface area (Å²) in [6.07, 6.45) is -0.509. The number of aliphatic hydroxyl groups is 1. The number of nitrogen functional groups attached to an aromatic ring is 1. The van der Waals surface area contributed by atoms with E-state index in [1.54, 1.807) is 0 Å². The summed E-state index contributed by atoms with van der Waals surface area (Å²) in [6, 6.07) is 5.43. The number of hydrogen-bond acceptors (Lipinski definition) is 6. The molecule has 1 aliphatic rings. The fourth-order valence-electron chi connectivity index (χ4n) is 2.22. The molecule has 0 spiro atoms. The van der Waals surface area contributed by atoms with Crippen LogP contribution in [0.3, 0.4) is 0 Å². The van der Waals surface area contributed by atoms with E-state index in [-0.39, 0.29) is 6.04 Å². The lowest BCUT2D eigenvalue weighted by molar-refractivity contribution is 0.180. The summed E-state index contributed by atoms with van der Waals surface area (Å²) < 4.78 is 5.22. The van der Waals surface area contributed by atoms with Crippen molar-refractivity contribution in [3.8, 4) is 0 Å². The van der Waals surface area contributed by atoms with Crippen LogP contribution in [0.5, 0.6) is 0 Å². The molecule has 0 radical (unpaired) electrons. The minimum atomic E-state index is -0.509. The maximum absolute atomic E-state index is 9.67. The quantitative estimate of drug-likeness (QED) is 0.638. The number of aliphatic hydroxyl groups excluding tert-OH is 1. The number of anilines is 2. The van der Waals surface area contributed by atoms with E-state index in [1.807, 2.05) is 23.1 Å². The molecule has 3 rings (SSSR count). The zero-order valence-corrected chi connectivity index (χ0v) is 9.21. The minimum absolute atomic E-state index is 0.231. The second kappa shape index (κ2) is 3.61. The Morgan fingerprint density at radius 2 is 2.24 bits per heavy atom. The summed E-state index contributed by atoms with van der Waals surface area (Å²) in [5.74, 6) is 0.380. The number of aromatic nitrogens is 1. The molecule has 90 valence electrons. The molecule has 1 aromatic heterocycles. The average Bonchev–Trinajstić information content (AvgIpc) is 2.84. The Morgan fingerprint density at radius 1 is 1.41 bits per heavy atom. The predicted molar refractivity (Wildman–Crippen MR) is 64.6 cm³/mol. The van der Waals surface area contributed by atoms with Gasteiger partial charge < -0.3 is 26.0 Å². The predicted octanol–water partition coefficient (Wildman–Crippen LogP) is -0.0818. The third-order valence-electron chi connectivity index (χ3n) is 3.18. The molecule has 2 heterocycles. The van der Waals surface area contributed by atoms with E-state index in [1.165, 1.54) is 0 Å². The zero-order valence-electron chi connectivity index (χ0n) is 9.21. The van der Waals surface area contributed by atoms with E-state index >= 15 is 0 Å². The molecule has 1 aliphatic heterocycles. The van der Waals surface area contributed by atoms with E-state index in [4.69, 9.17) is 16.0 Å². The number of hydrogen-bond donors (Lipinski definition) is 3. The van der Waals surface area contributed by atoms with E-state index in [0.29, 0.717) is 24.5 Å². The van der Waals surface area contributed by atoms with Gasteiger partial charge in [-0.25, -0.2) is 0 Å². The highest BCUT2D eigenvalue weighted by molar-refractivity contribution is 5.95. The molecule has 1 saturated heterocycles. The van der Waals surface area contributed by atoms with E-state index in [9.17, 15) is 5.11 Å². The molecule has 17 heavy (non-hydrogen) atoms. The largest absolute Gasteiger partial charge is 0.390 e. The molecule has 6 nitrogen and oxygen atoms in total. The Labute approximate surface area is 97.8 Å². The van der Waals surface area contributed by atoms with Crippen molar-refractivity contribution in [3.05, 3.63) is 18.2 Å². The van der Waals surface area contributed by atoms with Crippen LogP contribution in [0.4, 0.5) is 11.5 Å². The highest BCUT2D eigenvalue weighted by atomic mass is 16.5. The summed E-state index contributed by atoms with van der Waals surface area (Å²) in [5, 5.41) is 14.2. The molecular formula is C11H14N4O2. The molecule has 2 atom stereocenters. The molecule has 2 aromatic rings. The second-order valence-electron chi connectivity index (χ2n) is 4.36. The minimum Gasteiger partial charge on any atom is -0.390 e. The number of nitrogens with zero attached hydrogens (tertiary/aromatic N) is 2. The first-order valence-corrected chi connectivity index (χ1v) is 5.49. The van der Waals surface area contributed by atoms with Crippen LogP contribution >= 0.6 is 0 Å². The van der Waals surface area contributed by atoms with Gasteiger partial charge in [-0.05, 0) is 12.1 Å². The van der Waals surface area contributed by atoms with Gasteiger partial charge >= 0.3 is 0 Å². The lowest BCUT2D eigenvalue weighted by Gasteiger charge is -2.17. The standard InChI is InChI=1S/C11H14N4O2/c12-7-4-15(5-9(7)16)8-3-1-2-6-10(8)17-14-11(6)13/h1-3,7,9,16H,4-5,12H2,(H2,13,14)/t7-,9-/m0/s1. The van der Waals surface area contributed by atoms with Crippen molar-refractivity contribution in [2.45, 2.75) is 12.1 Å². The Balaban J connectivity index is 2.06. The average molecular weight is 234 g/mol. The highest BCUT2D eigenvalue weighted by Gasteiger charge is 2.30. The van der Waals surface area contributed by atoms with Crippen LogP contribution < -0.4 is 16.4 Å². The molecule has 0 amide bonds. The van der Waals surface area contributed by atoms with Gasteiger partial charge in [0.05, 0.1) is 17.2 Å². The van der Waals surface area contributed by atoms with Gasteiger partial charge in [-0.15, -0.1) is 0 Å². The van der Waals surface area contributed by atoms with Crippen LogP contribution in [-0.2, 0) is 0 Å². The smallest absolute Gasteiger partial charge is 0.192 e. The lowest BCUT2D eigenvalue weighted by Crippen LogP contribution is -2.32. The fourth-order valence-corrected chi connectivity index (χ4v) is 2.22. The Kier molecular flexibility index (Phi) is 2.20. The first kappa shape index (κ1) is 10.4. The molecule has 0 aliphatic carbocycles. The van der Waals surface area contributed by atoms with Gasteiger partial charge in [0.2, 0.25) is 0 Å². The van der Waals surface area contributed by atoms with Gasteiger partial charge in [-0.3, -0.25) is 0 Å². The van der Waals surface area contributed by atoms with Gasteiger partial charge in [-0.2, -0.15) is 0 Å². The summed E-state index contributed by atoms with van der Waals surface area (Å²) in [7, 11) is 0. The Hall–Kier alpha value is -1.79. The van der Waals surface area contributed by atoms with Crippen LogP contribution in [0.1, 0.15) is 0 Å². The van der Waals surface area contributed by atoms with Crippen LogP contribution in [0, 0.1) is 0 Å². The van der Waals surface area contributed by atoms with Crippen molar-refractivity contribution < 1.29 is 9.63 Å². The van der Waals surface area contributed by atoms with Crippen LogP contribution in [-0.4, -0.2) is 35.5 Å². The number of rotatable bonds is 1. The highest BCUT2D eigenvalue weighted by Crippen LogP contribution is 2.31. The normalized spacial score (nSPS) is 24.7. The lowest BCUT2D eigenvalue weighted by atomic mass is 10.2. The van der Waals surface area contributed by atoms with Crippen molar-refractivity contribution in [1.82, 2.24) is 5.16 Å². The summed E-state index contributed by atoms with van der Waals surface area (Å²) in [6.45, 7) is 1.10. The number of benzene rings is 1. The van der Waals surface area contributed by atoms with Gasteiger partial charge in [0.15, 0.2) is 11.4 Å². The summed E-state index contributed by atoms with van der Waals surface area (Å²) in [5.41, 5.74) is 13.0. The first-order valence-electron chi connectivity index (χ1n) is 5.49. The number of β-amino-alcohol motifs (C(OH)–C–C–N with tert-alkyl or cyclic N) is 1. The number of fused-ring (bicyclic) bond motifs is 1. The van der Waals surface area contributed by atoms with Crippen LogP contribution in [0.25, 0.3) is 11.0 Å². The molecule has 0 saturated carbocycles. The van der Waals surface area contributed by atoms with Crippen molar-refractivity contribution >= 4 is 22.5 Å². The van der Waals surface area contributed by atoms with Gasteiger partial charge in [0.1, 0.15) is 0 Å². The number of para-hydroxylation sites is 1. The second-order valence-corrected chi connectivity index (χ2v) is 4.36. The first-order chi connectivity index (χ1) is 8.16. The molecule has 0 bridgehead atoms. The topological polar surface area (TPSA) is 102 Å². The zero-order chi connectivity index (χ0) is 12.0. The van der Waals surface area contributed by atoms with Gasteiger partial charge in [-0.1, -0.05) is 11.2 Å². The molecular weight excluding hydrogens is 220 g/mol. The van der Waals surface area contributed by atoms with Crippen LogP contribution in [0.2, 0.25) is 0 Å².